The Morgan fingerprint density at radius 2 is 1.78 bits per heavy atom. The second kappa shape index (κ2) is 11.9. The van der Waals surface area contributed by atoms with E-state index in [1.807, 2.05) is 24.3 Å². The Balaban J connectivity index is 2.64. The highest BCUT2D eigenvalue weighted by Crippen LogP contribution is 2.07. The van der Waals surface area contributed by atoms with E-state index < -0.39 is 0 Å². The molecular weight excluding hydrogens is 346 g/mol. The second-order valence-electron chi connectivity index (χ2n) is 6.45. The first-order valence-corrected chi connectivity index (χ1v) is 8.87. The van der Waals surface area contributed by atoms with E-state index in [0.29, 0.717) is 31.2 Å². The SMILES string of the molecule is COCCNC(=NCC(=O)N(C)C)NCCc1cccc(C(=O)N(C)C)c1. The van der Waals surface area contributed by atoms with Crippen LogP contribution in [0.5, 0.6) is 0 Å². The van der Waals surface area contributed by atoms with Crippen LogP contribution in [0, 0.1) is 0 Å². The van der Waals surface area contributed by atoms with Crippen LogP contribution in [0.2, 0.25) is 0 Å². The summed E-state index contributed by atoms with van der Waals surface area (Å²) in [7, 11) is 8.50. The van der Waals surface area contributed by atoms with E-state index in [1.54, 1.807) is 40.2 Å². The summed E-state index contributed by atoms with van der Waals surface area (Å²) in [6, 6.07) is 7.58. The Kier molecular flexibility index (Phi) is 9.89. The van der Waals surface area contributed by atoms with Gasteiger partial charge in [0.05, 0.1) is 6.61 Å². The van der Waals surface area contributed by atoms with Gasteiger partial charge in [0.25, 0.3) is 5.91 Å². The third-order valence-corrected chi connectivity index (χ3v) is 3.76. The molecule has 150 valence electrons. The molecule has 1 aromatic carbocycles. The van der Waals surface area contributed by atoms with Gasteiger partial charge in [-0.25, -0.2) is 4.99 Å². The molecule has 0 unspecified atom stereocenters. The van der Waals surface area contributed by atoms with E-state index in [1.165, 1.54) is 4.90 Å². The number of benzene rings is 1. The number of methoxy groups -OCH3 is 1. The lowest BCUT2D eigenvalue weighted by Crippen LogP contribution is -2.40. The third kappa shape index (κ3) is 8.54. The molecule has 0 aliphatic heterocycles. The largest absolute Gasteiger partial charge is 0.383 e. The predicted octanol–water partition coefficient (Wildman–Crippen LogP) is 0.201. The van der Waals surface area contributed by atoms with Crippen LogP contribution in [0.1, 0.15) is 15.9 Å². The number of guanidine groups is 1. The molecule has 27 heavy (non-hydrogen) atoms. The minimum absolute atomic E-state index is 0.0181. The highest BCUT2D eigenvalue weighted by Gasteiger charge is 2.08. The lowest BCUT2D eigenvalue weighted by atomic mass is 10.1. The maximum atomic E-state index is 12.1. The number of rotatable bonds is 9. The fourth-order valence-corrected chi connectivity index (χ4v) is 2.18. The summed E-state index contributed by atoms with van der Waals surface area (Å²) in [5.74, 6) is 0.469. The fraction of sp³-hybridized carbons (Fsp3) is 0.526. The quantitative estimate of drug-likeness (QED) is 0.365. The molecule has 0 heterocycles. The summed E-state index contributed by atoms with van der Waals surface area (Å²) in [4.78, 5) is 31.2. The second-order valence-corrected chi connectivity index (χ2v) is 6.45. The molecule has 0 aromatic heterocycles. The van der Waals surface area contributed by atoms with Gasteiger partial charge in [-0.05, 0) is 24.1 Å². The smallest absolute Gasteiger partial charge is 0.253 e. The predicted molar refractivity (Wildman–Crippen MR) is 107 cm³/mol. The minimum atomic E-state index is -0.0715. The Morgan fingerprint density at radius 3 is 2.41 bits per heavy atom. The van der Waals surface area contributed by atoms with E-state index in [9.17, 15) is 9.59 Å². The van der Waals surface area contributed by atoms with E-state index in [0.717, 1.165) is 12.0 Å². The van der Waals surface area contributed by atoms with E-state index >= 15 is 0 Å². The van der Waals surface area contributed by atoms with Gasteiger partial charge in [0, 0.05) is 54.0 Å². The first kappa shape index (κ1) is 22.4. The Morgan fingerprint density at radius 1 is 1.07 bits per heavy atom. The molecular formula is C19H31N5O3. The molecule has 1 aromatic rings. The standard InChI is InChI=1S/C19H31N5O3/c1-23(2)17(25)14-22-19(21-11-12-27-5)20-10-9-15-7-6-8-16(13-15)18(26)24(3)4/h6-8,13H,9-12,14H2,1-5H3,(H2,20,21,22). The lowest BCUT2D eigenvalue weighted by Gasteiger charge is -2.14. The molecule has 0 aliphatic carbocycles. The van der Waals surface area contributed by atoms with Crippen molar-refractivity contribution in [1.82, 2.24) is 20.4 Å². The molecule has 0 atom stereocenters. The topological polar surface area (TPSA) is 86.3 Å². The van der Waals surface area contributed by atoms with Crippen molar-refractivity contribution in [2.45, 2.75) is 6.42 Å². The number of nitrogens with zero attached hydrogens (tertiary/aromatic N) is 3. The Hall–Kier alpha value is -2.61. The minimum Gasteiger partial charge on any atom is -0.383 e. The molecule has 8 nitrogen and oxygen atoms in total. The van der Waals surface area contributed by atoms with Crippen LogP contribution in [-0.2, 0) is 16.0 Å². The van der Waals surface area contributed by atoms with Gasteiger partial charge in [-0.2, -0.15) is 0 Å². The highest BCUT2D eigenvalue weighted by molar-refractivity contribution is 5.94. The van der Waals surface area contributed by atoms with Crippen LogP contribution in [0.4, 0.5) is 0 Å². The summed E-state index contributed by atoms with van der Waals surface area (Å²) in [5.41, 5.74) is 1.72. The van der Waals surface area contributed by atoms with Gasteiger partial charge in [0.1, 0.15) is 6.54 Å². The molecule has 0 aliphatic rings. The molecule has 2 amide bonds. The monoisotopic (exact) mass is 377 g/mol. The number of carbonyl (C=O) groups excluding carboxylic acids is 2. The number of nitrogens with one attached hydrogen (secondary N) is 2. The van der Waals surface area contributed by atoms with Crippen molar-refractivity contribution in [3.8, 4) is 0 Å². The van der Waals surface area contributed by atoms with Crippen molar-refractivity contribution >= 4 is 17.8 Å². The van der Waals surface area contributed by atoms with Crippen LogP contribution >= 0.6 is 0 Å². The zero-order valence-electron chi connectivity index (χ0n) is 16.9. The Bertz CT molecular complexity index is 644. The molecule has 0 radical (unpaired) electrons. The van der Waals surface area contributed by atoms with Crippen LogP contribution in [-0.4, -0.2) is 89.1 Å². The number of amides is 2. The van der Waals surface area contributed by atoms with Gasteiger partial charge in [0.2, 0.25) is 5.91 Å². The van der Waals surface area contributed by atoms with Crippen molar-refractivity contribution in [2.24, 2.45) is 4.99 Å². The van der Waals surface area contributed by atoms with Crippen LogP contribution in [0.25, 0.3) is 0 Å². The van der Waals surface area contributed by atoms with E-state index in [2.05, 4.69) is 15.6 Å². The van der Waals surface area contributed by atoms with Crippen molar-refractivity contribution < 1.29 is 14.3 Å². The molecule has 0 saturated heterocycles. The maximum absolute atomic E-state index is 12.1. The van der Waals surface area contributed by atoms with Crippen molar-refractivity contribution in [1.29, 1.82) is 0 Å². The van der Waals surface area contributed by atoms with Crippen LogP contribution in [0.15, 0.2) is 29.3 Å². The van der Waals surface area contributed by atoms with E-state index in [4.69, 9.17) is 4.74 Å². The summed E-state index contributed by atoms with van der Waals surface area (Å²) < 4.78 is 5.03. The maximum Gasteiger partial charge on any atom is 0.253 e. The van der Waals surface area contributed by atoms with Crippen molar-refractivity contribution in [2.75, 3.05) is 61.5 Å². The molecule has 0 bridgehead atoms. The molecule has 0 saturated carbocycles. The normalized spacial score (nSPS) is 11.1. The zero-order chi connectivity index (χ0) is 20.2. The summed E-state index contributed by atoms with van der Waals surface area (Å²) in [5, 5.41) is 6.34. The van der Waals surface area contributed by atoms with E-state index in [-0.39, 0.29) is 18.4 Å². The van der Waals surface area contributed by atoms with Crippen LogP contribution < -0.4 is 10.6 Å². The number of hydrogen-bond donors (Lipinski definition) is 2. The number of hydrogen-bond acceptors (Lipinski definition) is 4. The van der Waals surface area contributed by atoms with Gasteiger partial charge < -0.3 is 25.2 Å². The zero-order valence-corrected chi connectivity index (χ0v) is 16.9. The highest BCUT2D eigenvalue weighted by atomic mass is 16.5. The molecule has 1 rings (SSSR count). The van der Waals surface area contributed by atoms with Gasteiger partial charge >= 0.3 is 0 Å². The number of ether oxygens (including phenoxy) is 1. The summed E-state index contributed by atoms with van der Waals surface area (Å²) >= 11 is 0. The number of aliphatic imine (C=N–C) groups is 1. The average Bonchev–Trinajstić information content (AvgIpc) is 2.64. The summed E-state index contributed by atoms with van der Waals surface area (Å²) in [6.07, 6.45) is 0.723. The van der Waals surface area contributed by atoms with Gasteiger partial charge in [-0.3, -0.25) is 9.59 Å². The molecule has 2 N–H and O–H groups in total. The van der Waals surface area contributed by atoms with Gasteiger partial charge in [0.15, 0.2) is 5.96 Å². The fourth-order valence-electron chi connectivity index (χ4n) is 2.18. The Labute approximate surface area is 161 Å². The van der Waals surface area contributed by atoms with Gasteiger partial charge in [-0.1, -0.05) is 12.1 Å². The number of likely N-dealkylation sites (N-methyl/N-ethyl adjacent to an activating group) is 1. The molecule has 8 heteroatoms. The lowest BCUT2D eigenvalue weighted by molar-refractivity contribution is -0.127. The van der Waals surface area contributed by atoms with Gasteiger partial charge in [-0.15, -0.1) is 0 Å². The van der Waals surface area contributed by atoms with Crippen molar-refractivity contribution in [3.05, 3.63) is 35.4 Å². The third-order valence-electron chi connectivity index (χ3n) is 3.76. The number of carbonyl (C=O) groups is 2. The molecule has 0 spiro atoms. The molecule has 0 fully saturated rings. The first-order valence-electron chi connectivity index (χ1n) is 8.87. The van der Waals surface area contributed by atoms with Crippen molar-refractivity contribution in [3.63, 3.8) is 0 Å². The average molecular weight is 377 g/mol. The summed E-state index contributed by atoms with van der Waals surface area (Å²) in [6.45, 7) is 1.82. The van der Waals surface area contributed by atoms with Crippen LogP contribution in [0.3, 0.4) is 0 Å². The first-order chi connectivity index (χ1) is 12.8.